The molecule has 2 saturated carbocycles. The summed E-state index contributed by atoms with van der Waals surface area (Å²) in [7, 11) is 0. The fourth-order valence-electron chi connectivity index (χ4n) is 2.91. The average Bonchev–Trinajstić information content (AvgIpc) is 2.92. The third kappa shape index (κ3) is 1.25. The van der Waals surface area contributed by atoms with Crippen LogP contribution in [-0.4, -0.2) is 12.2 Å². The van der Waals surface area contributed by atoms with Crippen molar-refractivity contribution in [1.29, 1.82) is 0 Å². The van der Waals surface area contributed by atoms with Crippen LogP contribution in [0.3, 0.4) is 0 Å². The minimum Gasteiger partial charge on any atom is -0.374 e. The van der Waals surface area contributed by atoms with Crippen LogP contribution in [-0.2, 0) is 4.74 Å². The molecule has 0 radical (unpaired) electrons. The van der Waals surface area contributed by atoms with Crippen molar-refractivity contribution in [2.75, 3.05) is 6.61 Å². The first-order valence-corrected chi connectivity index (χ1v) is 6.09. The van der Waals surface area contributed by atoms with Crippen LogP contribution in [0.15, 0.2) is 0 Å². The normalized spacial score (nSPS) is 46.3. The van der Waals surface area contributed by atoms with Gasteiger partial charge in [0.2, 0.25) is 0 Å². The van der Waals surface area contributed by atoms with E-state index in [1.165, 1.54) is 12.8 Å². The first kappa shape index (κ1) is 10.5. The Bertz CT molecular complexity index is 235. The lowest BCUT2D eigenvalue weighted by Gasteiger charge is -2.26. The smallest absolute Gasteiger partial charge is 0.0746 e. The number of hydrogen-bond donors (Lipinski definition) is 0. The van der Waals surface area contributed by atoms with E-state index in [0.717, 1.165) is 24.4 Å². The molecule has 4 atom stereocenters. The fraction of sp³-hybridized carbons (Fsp3) is 1.00. The molecule has 2 aliphatic rings. The molecule has 0 bridgehead atoms. The topological polar surface area (TPSA) is 9.23 Å². The summed E-state index contributed by atoms with van der Waals surface area (Å²) in [5.41, 5.74) is 0.831. The lowest BCUT2D eigenvalue weighted by molar-refractivity contribution is -0.0358. The van der Waals surface area contributed by atoms with Gasteiger partial charge >= 0.3 is 0 Å². The molecule has 1 heteroatoms. The van der Waals surface area contributed by atoms with E-state index < -0.39 is 0 Å². The molecular weight excluding hydrogens is 172 g/mol. The third-order valence-electron chi connectivity index (χ3n) is 5.02. The predicted octanol–water partition coefficient (Wildman–Crippen LogP) is 3.48. The highest BCUT2D eigenvalue weighted by molar-refractivity contribution is 5.34. The molecular formula is C13H24O. The standard InChI is InChI=1S/C13H24O/c1-6-10(9(2)3)8-14-13(5)11-7-12(11,13)4/h9-11H,6-8H2,1-5H3. The molecule has 4 unspecified atom stereocenters. The predicted molar refractivity (Wildman–Crippen MR) is 59.2 cm³/mol. The van der Waals surface area contributed by atoms with Crippen molar-refractivity contribution in [2.45, 2.75) is 53.1 Å². The van der Waals surface area contributed by atoms with Crippen LogP contribution >= 0.6 is 0 Å². The van der Waals surface area contributed by atoms with Crippen LogP contribution in [0.2, 0.25) is 0 Å². The molecule has 0 aliphatic heterocycles. The molecule has 0 heterocycles. The van der Waals surface area contributed by atoms with Crippen molar-refractivity contribution >= 4 is 0 Å². The number of ether oxygens (including phenoxy) is 1. The van der Waals surface area contributed by atoms with Crippen molar-refractivity contribution in [3.8, 4) is 0 Å². The van der Waals surface area contributed by atoms with E-state index in [2.05, 4.69) is 34.6 Å². The lowest BCUT2D eigenvalue weighted by atomic mass is 9.94. The van der Waals surface area contributed by atoms with Gasteiger partial charge in [-0.1, -0.05) is 34.1 Å². The van der Waals surface area contributed by atoms with Crippen LogP contribution in [0, 0.1) is 23.2 Å². The lowest BCUT2D eigenvalue weighted by Crippen LogP contribution is -2.27. The van der Waals surface area contributed by atoms with Gasteiger partial charge in [-0.3, -0.25) is 0 Å². The quantitative estimate of drug-likeness (QED) is 0.654. The molecule has 0 aromatic heterocycles. The van der Waals surface area contributed by atoms with Crippen LogP contribution in [0.4, 0.5) is 0 Å². The highest BCUT2D eigenvalue weighted by Crippen LogP contribution is 2.83. The largest absolute Gasteiger partial charge is 0.374 e. The van der Waals surface area contributed by atoms with Gasteiger partial charge in [0.05, 0.1) is 12.2 Å². The van der Waals surface area contributed by atoms with Gasteiger partial charge in [0.15, 0.2) is 0 Å². The van der Waals surface area contributed by atoms with Gasteiger partial charge in [-0.25, -0.2) is 0 Å². The highest BCUT2D eigenvalue weighted by Gasteiger charge is 2.85. The van der Waals surface area contributed by atoms with E-state index >= 15 is 0 Å². The molecule has 2 aliphatic carbocycles. The number of rotatable bonds is 5. The highest BCUT2D eigenvalue weighted by atomic mass is 16.5. The summed E-state index contributed by atoms with van der Waals surface area (Å²) in [6, 6.07) is 0. The van der Waals surface area contributed by atoms with Crippen molar-refractivity contribution in [1.82, 2.24) is 0 Å². The zero-order valence-corrected chi connectivity index (χ0v) is 10.3. The van der Waals surface area contributed by atoms with E-state index in [-0.39, 0.29) is 5.60 Å². The van der Waals surface area contributed by atoms with Crippen molar-refractivity contribution in [3.63, 3.8) is 0 Å². The van der Waals surface area contributed by atoms with Crippen LogP contribution < -0.4 is 0 Å². The van der Waals surface area contributed by atoms with Crippen LogP contribution in [0.5, 0.6) is 0 Å². The molecule has 0 spiro atoms. The summed E-state index contributed by atoms with van der Waals surface area (Å²) >= 11 is 0. The zero-order chi connectivity index (χ0) is 10.6. The Hall–Kier alpha value is -0.0400. The first-order chi connectivity index (χ1) is 6.45. The van der Waals surface area contributed by atoms with Gasteiger partial charge in [-0.05, 0) is 31.1 Å². The van der Waals surface area contributed by atoms with Crippen molar-refractivity contribution in [2.24, 2.45) is 23.2 Å². The van der Waals surface area contributed by atoms with Gasteiger partial charge in [0.1, 0.15) is 0 Å². The molecule has 0 N–H and O–H groups in total. The Morgan fingerprint density at radius 3 is 2.21 bits per heavy atom. The summed E-state index contributed by atoms with van der Waals surface area (Å²) in [5.74, 6) is 2.39. The summed E-state index contributed by atoms with van der Waals surface area (Å²) in [6.45, 7) is 12.5. The average molecular weight is 196 g/mol. The summed E-state index contributed by atoms with van der Waals surface area (Å²) in [5, 5.41) is 0. The Balaban J connectivity index is 1.78. The van der Waals surface area contributed by atoms with E-state index in [9.17, 15) is 0 Å². The van der Waals surface area contributed by atoms with Gasteiger partial charge in [0, 0.05) is 5.41 Å². The molecule has 2 fully saturated rings. The van der Waals surface area contributed by atoms with Gasteiger partial charge in [-0.2, -0.15) is 0 Å². The maximum absolute atomic E-state index is 6.12. The molecule has 1 nitrogen and oxygen atoms in total. The van der Waals surface area contributed by atoms with Gasteiger partial charge in [-0.15, -0.1) is 0 Å². The van der Waals surface area contributed by atoms with E-state index in [4.69, 9.17) is 4.74 Å². The van der Waals surface area contributed by atoms with Crippen LogP contribution in [0.25, 0.3) is 0 Å². The second-order valence-electron chi connectivity index (χ2n) is 6.00. The third-order valence-corrected chi connectivity index (χ3v) is 5.02. The number of hydrogen-bond acceptors (Lipinski definition) is 1. The van der Waals surface area contributed by atoms with E-state index in [1.807, 2.05) is 0 Å². The first-order valence-electron chi connectivity index (χ1n) is 6.09. The molecule has 0 amide bonds. The minimum absolute atomic E-state index is 0.259. The van der Waals surface area contributed by atoms with Crippen molar-refractivity contribution < 1.29 is 4.74 Å². The molecule has 14 heavy (non-hydrogen) atoms. The number of fused-ring (bicyclic) bond motifs is 1. The van der Waals surface area contributed by atoms with Crippen LogP contribution in [0.1, 0.15) is 47.5 Å². The molecule has 82 valence electrons. The fourth-order valence-corrected chi connectivity index (χ4v) is 2.91. The second kappa shape index (κ2) is 2.98. The van der Waals surface area contributed by atoms with Gasteiger partial charge in [0.25, 0.3) is 0 Å². The van der Waals surface area contributed by atoms with E-state index in [1.54, 1.807) is 0 Å². The van der Waals surface area contributed by atoms with Gasteiger partial charge < -0.3 is 4.74 Å². The SMILES string of the molecule is CCC(COC1(C)C2CC21C)C(C)C. The molecule has 0 aromatic rings. The maximum Gasteiger partial charge on any atom is 0.0746 e. The van der Waals surface area contributed by atoms with E-state index in [0.29, 0.717) is 5.41 Å². The maximum atomic E-state index is 6.12. The Labute approximate surface area is 88.2 Å². The Morgan fingerprint density at radius 1 is 1.36 bits per heavy atom. The second-order valence-corrected chi connectivity index (χ2v) is 6.00. The molecule has 0 saturated heterocycles. The Kier molecular flexibility index (Phi) is 2.23. The summed E-state index contributed by atoms with van der Waals surface area (Å²) in [6.07, 6.45) is 2.65. The van der Waals surface area contributed by atoms with Crippen molar-refractivity contribution in [3.05, 3.63) is 0 Å². The molecule has 0 aromatic carbocycles. The monoisotopic (exact) mass is 196 g/mol. The minimum atomic E-state index is 0.259. The molecule has 2 rings (SSSR count). The summed E-state index contributed by atoms with van der Waals surface area (Å²) in [4.78, 5) is 0. The summed E-state index contributed by atoms with van der Waals surface area (Å²) < 4.78 is 6.12. The zero-order valence-electron chi connectivity index (χ0n) is 10.3. The Morgan fingerprint density at radius 2 is 1.93 bits per heavy atom.